The standard InChI is InChI=1S/C16H16FNO3/c17-12-6-7-15(20)14(9-12)16(21)18-10-13(19)8-11-4-2-1-3-5-11/h1-7,9,13,19-20H,8,10H2,(H,18,21). The van der Waals surface area contributed by atoms with Crippen LogP contribution in [-0.4, -0.2) is 28.8 Å². The van der Waals surface area contributed by atoms with Crippen LogP contribution in [0.4, 0.5) is 4.39 Å². The van der Waals surface area contributed by atoms with E-state index in [2.05, 4.69) is 5.32 Å². The number of rotatable bonds is 5. The molecule has 2 aromatic carbocycles. The van der Waals surface area contributed by atoms with Crippen LogP contribution >= 0.6 is 0 Å². The molecule has 110 valence electrons. The first-order valence-corrected chi connectivity index (χ1v) is 6.55. The number of aliphatic hydroxyl groups excluding tert-OH is 1. The van der Waals surface area contributed by atoms with Gasteiger partial charge in [0.2, 0.25) is 0 Å². The minimum absolute atomic E-state index is 0.0175. The molecule has 1 unspecified atom stereocenters. The Morgan fingerprint density at radius 3 is 2.62 bits per heavy atom. The highest BCUT2D eigenvalue weighted by Crippen LogP contribution is 2.17. The SMILES string of the molecule is O=C(NCC(O)Cc1ccccc1)c1cc(F)ccc1O. The maximum Gasteiger partial charge on any atom is 0.255 e. The molecule has 1 atom stereocenters. The van der Waals surface area contributed by atoms with E-state index in [4.69, 9.17) is 0 Å². The number of carbonyl (C=O) groups is 1. The van der Waals surface area contributed by atoms with E-state index < -0.39 is 17.8 Å². The minimum atomic E-state index is -0.757. The van der Waals surface area contributed by atoms with Crippen molar-refractivity contribution in [3.63, 3.8) is 0 Å². The van der Waals surface area contributed by atoms with Gasteiger partial charge in [0.25, 0.3) is 5.91 Å². The van der Waals surface area contributed by atoms with Gasteiger partial charge in [0.05, 0.1) is 11.7 Å². The molecule has 0 spiro atoms. The van der Waals surface area contributed by atoms with Crippen molar-refractivity contribution < 1.29 is 19.4 Å². The lowest BCUT2D eigenvalue weighted by atomic mass is 10.1. The summed E-state index contributed by atoms with van der Waals surface area (Å²) in [7, 11) is 0. The third-order valence-corrected chi connectivity index (χ3v) is 3.02. The van der Waals surface area contributed by atoms with Crippen molar-refractivity contribution in [3.8, 4) is 5.75 Å². The van der Waals surface area contributed by atoms with Crippen LogP contribution in [0.25, 0.3) is 0 Å². The van der Waals surface area contributed by atoms with Gasteiger partial charge in [-0.05, 0) is 23.8 Å². The molecule has 0 aliphatic carbocycles. The van der Waals surface area contributed by atoms with Crippen LogP contribution in [0.2, 0.25) is 0 Å². The predicted molar refractivity (Wildman–Crippen MR) is 76.6 cm³/mol. The number of aromatic hydroxyl groups is 1. The quantitative estimate of drug-likeness (QED) is 0.787. The summed E-state index contributed by atoms with van der Waals surface area (Å²) in [5.74, 6) is -1.53. The van der Waals surface area contributed by atoms with Gasteiger partial charge < -0.3 is 15.5 Å². The lowest BCUT2D eigenvalue weighted by Crippen LogP contribution is -2.33. The Morgan fingerprint density at radius 2 is 1.90 bits per heavy atom. The number of halogens is 1. The molecule has 0 fully saturated rings. The lowest BCUT2D eigenvalue weighted by molar-refractivity contribution is 0.0913. The Kier molecular flexibility index (Phi) is 4.90. The summed E-state index contributed by atoms with van der Waals surface area (Å²) >= 11 is 0. The van der Waals surface area contributed by atoms with E-state index in [1.54, 1.807) is 0 Å². The van der Waals surface area contributed by atoms with Gasteiger partial charge in [-0.15, -0.1) is 0 Å². The largest absolute Gasteiger partial charge is 0.507 e. The highest BCUT2D eigenvalue weighted by Gasteiger charge is 2.14. The number of hydrogen-bond acceptors (Lipinski definition) is 3. The van der Waals surface area contributed by atoms with Gasteiger partial charge >= 0.3 is 0 Å². The molecule has 1 amide bonds. The van der Waals surface area contributed by atoms with E-state index in [0.717, 1.165) is 23.8 Å². The predicted octanol–water partition coefficient (Wildman–Crippen LogP) is 1.86. The first kappa shape index (κ1) is 15.0. The highest BCUT2D eigenvalue weighted by atomic mass is 19.1. The number of benzene rings is 2. The molecule has 0 saturated heterocycles. The molecule has 21 heavy (non-hydrogen) atoms. The van der Waals surface area contributed by atoms with Crippen LogP contribution in [-0.2, 0) is 6.42 Å². The van der Waals surface area contributed by atoms with Crippen LogP contribution in [0.1, 0.15) is 15.9 Å². The smallest absolute Gasteiger partial charge is 0.255 e. The van der Waals surface area contributed by atoms with E-state index in [1.807, 2.05) is 30.3 Å². The molecule has 4 nitrogen and oxygen atoms in total. The van der Waals surface area contributed by atoms with E-state index >= 15 is 0 Å². The fourth-order valence-electron chi connectivity index (χ4n) is 1.95. The van der Waals surface area contributed by atoms with Gasteiger partial charge in [-0.3, -0.25) is 4.79 Å². The zero-order valence-corrected chi connectivity index (χ0v) is 11.3. The van der Waals surface area contributed by atoms with Crippen LogP contribution < -0.4 is 5.32 Å². The Morgan fingerprint density at radius 1 is 1.19 bits per heavy atom. The Bertz CT molecular complexity index is 616. The monoisotopic (exact) mass is 289 g/mol. The summed E-state index contributed by atoms with van der Waals surface area (Å²) in [6.07, 6.45) is -0.358. The minimum Gasteiger partial charge on any atom is -0.507 e. The molecule has 0 radical (unpaired) electrons. The van der Waals surface area contributed by atoms with Gasteiger partial charge in [0.1, 0.15) is 11.6 Å². The topological polar surface area (TPSA) is 69.6 Å². The third kappa shape index (κ3) is 4.29. The summed E-state index contributed by atoms with van der Waals surface area (Å²) in [5, 5.41) is 21.9. The second kappa shape index (κ2) is 6.85. The molecular formula is C16H16FNO3. The number of phenols is 1. The van der Waals surface area contributed by atoms with Gasteiger partial charge in [0.15, 0.2) is 0 Å². The van der Waals surface area contributed by atoms with E-state index in [-0.39, 0.29) is 17.9 Å². The van der Waals surface area contributed by atoms with Crippen molar-refractivity contribution in [2.75, 3.05) is 6.54 Å². The number of hydrogen-bond donors (Lipinski definition) is 3. The number of nitrogens with one attached hydrogen (secondary N) is 1. The molecule has 2 rings (SSSR count). The molecule has 0 bridgehead atoms. The van der Waals surface area contributed by atoms with Gasteiger partial charge in [-0.1, -0.05) is 30.3 Å². The molecule has 0 aliphatic rings. The summed E-state index contributed by atoms with van der Waals surface area (Å²) in [6, 6.07) is 12.5. The average molecular weight is 289 g/mol. The molecule has 0 aliphatic heterocycles. The molecule has 0 aromatic heterocycles. The second-order valence-corrected chi connectivity index (χ2v) is 4.72. The van der Waals surface area contributed by atoms with Crippen LogP contribution in [0.3, 0.4) is 0 Å². The molecule has 3 N–H and O–H groups in total. The average Bonchev–Trinajstić information content (AvgIpc) is 2.48. The fourth-order valence-corrected chi connectivity index (χ4v) is 1.95. The summed E-state index contributed by atoms with van der Waals surface area (Å²) in [5.41, 5.74) is 0.801. The maximum atomic E-state index is 13.1. The Hall–Kier alpha value is -2.40. The van der Waals surface area contributed by atoms with E-state index in [1.165, 1.54) is 0 Å². The van der Waals surface area contributed by atoms with Crippen molar-refractivity contribution in [2.24, 2.45) is 0 Å². The normalized spacial score (nSPS) is 11.9. The zero-order valence-electron chi connectivity index (χ0n) is 11.3. The van der Waals surface area contributed by atoms with Gasteiger partial charge in [-0.2, -0.15) is 0 Å². The summed E-state index contributed by atoms with van der Waals surface area (Å²) < 4.78 is 13.1. The molecule has 0 saturated carbocycles. The maximum absolute atomic E-state index is 13.1. The summed E-state index contributed by atoms with van der Waals surface area (Å²) in [4.78, 5) is 11.8. The lowest BCUT2D eigenvalue weighted by Gasteiger charge is -2.12. The number of phenolic OH excluding ortho intramolecular Hbond substituents is 1. The van der Waals surface area contributed by atoms with Gasteiger partial charge in [0, 0.05) is 13.0 Å². The third-order valence-electron chi connectivity index (χ3n) is 3.02. The van der Waals surface area contributed by atoms with E-state index in [0.29, 0.717) is 6.42 Å². The van der Waals surface area contributed by atoms with Crippen molar-refractivity contribution in [1.82, 2.24) is 5.32 Å². The van der Waals surface area contributed by atoms with Crippen LogP contribution in [0, 0.1) is 5.82 Å². The van der Waals surface area contributed by atoms with Gasteiger partial charge in [-0.25, -0.2) is 4.39 Å². The number of aliphatic hydroxyl groups is 1. The molecule has 0 heterocycles. The number of carbonyl (C=O) groups excluding carboxylic acids is 1. The fraction of sp³-hybridized carbons (Fsp3) is 0.188. The summed E-state index contributed by atoms with van der Waals surface area (Å²) in [6.45, 7) is 0.0175. The van der Waals surface area contributed by atoms with Crippen LogP contribution in [0.5, 0.6) is 5.75 Å². The first-order valence-electron chi connectivity index (χ1n) is 6.55. The molecule has 2 aromatic rings. The molecular weight excluding hydrogens is 273 g/mol. The Labute approximate surface area is 121 Å². The first-order chi connectivity index (χ1) is 10.1. The molecule has 5 heteroatoms. The number of amides is 1. The van der Waals surface area contributed by atoms with Crippen molar-refractivity contribution in [3.05, 3.63) is 65.5 Å². The Balaban J connectivity index is 1.90. The highest BCUT2D eigenvalue weighted by molar-refractivity contribution is 5.96. The van der Waals surface area contributed by atoms with Crippen molar-refractivity contribution in [2.45, 2.75) is 12.5 Å². The van der Waals surface area contributed by atoms with Crippen molar-refractivity contribution in [1.29, 1.82) is 0 Å². The van der Waals surface area contributed by atoms with Crippen molar-refractivity contribution >= 4 is 5.91 Å². The van der Waals surface area contributed by atoms with E-state index in [9.17, 15) is 19.4 Å². The van der Waals surface area contributed by atoms with Crippen LogP contribution in [0.15, 0.2) is 48.5 Å². The zero-order chi connectivity index (χ0) is 15.2. The second-order valence-electron chi connectivity index (χ2n) is 4.72.